The number of halogens is 1. The van der Waals surface area contributed by atoms with E-state index in [0.717, 1.165) is 15.2 Å². The van der Waals surface area contributed by atoms with Crippen molar-refractivity contribution in [3.63, 3.8) is 0 Å². The van der Waals surface area contributed by atoms with Gasteiger partial charge >= 0.3 is 11.9 Å². The molecule has 1 aliphatic carbocycles. The van der Waals surface area contributed by atoms with Crippen LogP contribution >= 0.6 is 15.9 Å². The third-order valence-electron chi connectivity index (χ3n) is 6.58. The standard InChI is InChI=1S/C24H17BrO5/c1-23(20(26)14-7-10-15(25)11-8-14)19-18-16-6-4-3-5-13(16)9-12-17(18)30-22(28)24(19,23)21(27)29-2/h3-12,19H,1-2H3. The zero-order chi connectivity index (χ0) is 21.3. The predicted octanol–water partition coefficient (Wildman–Crippen LogP) is 4.67. The largest absolute Gasteiger partial charge is 0.468 e. The fraction of sp³-hybridized carbons (Fsp3) is 0.208. The summed E-state index contributed by atoms with van der Waals surface area (Å²) in [5.41, 5.74) is -1.90. The molecule has 0 aromatic heterocycles. The average Bonchev–Trinajstić information content (AvgIpc) is 3.35. The molecular formula is C24H17BrO5. The lowest BCUT2D eigenvalue weighted by atomic mass is 9.87. The number of carbonyl (C=O) groups is 3. The van der Waals surface area contributed by atoms with Crippen LogP contribution in [0.5, 0.6) is 5.75 Å². The van der Waals surface area contributed by atoms with E-state index in [1.165, 1.54) is 7.11 Å². The second-order valence-corrected chi connectivity index (χ2v) is 8.77. The second kappa shape index (κ2) is 6.25. The van der Waals surface area contributed by atoms with Gasteiger partial charge in [0.15, 0.2) is 11.2 Å². The van der Waals surface area contributed by atoms with Crippen molar-refractivity contribution in [1.29, 1.82) is 0 Å². The zero-order valence-electron chi connectivity index (χ0n) is 16.3. The van der Waals surface area contributed by atoms with Crippen molar-refractivity contribution in [1.82, 2.24) is 0 Å². The lowest BCUT2D eigenvalue weighted by Crippen LogP contribution is -2.39. The Morgan fingerprint density at radius 1 is 1.03 bits per heavy atom. The molecule has 150 valence electrons. The third-order valence-corrected chi connectivity index (χ3v) is 7.10. The van der Waals surface area contributed by atoms with Crippen molar-refractivity contribution >= 4 is 44.4 Å². The van der Waals surface area contributed by atoms with E-state index in [4.69, 9.17) is 9.47 Å². The first-order chi connectivity index (χ1) is 14.4. The molecule has 3 unspecified atom stereocenters. The summed E-state index contributed by atoms with van der Waals surface area (Å²) in [7, 11) is 1.23. The van der Waals surface area contributed by atoms with Crippen LogP contribution in [0.4, 0.5) is 0 Å². The molecule has 6 heteroatoms. The summed E-state index contributed by atoms with van der Waals surface area (Å²) in [6, 6.07) is 18.1. The molecule has 1 fully saturated rings. The van der Waals surface area contributed by atoms with E-state index < -0.39 is 28.7 Å². The van der Waals surface area contributed by atoms with E-state index in [9.17, 15) is 14.4 Å². The van der Waals surface area contributed by atoms with E-state index >= 15 is 0 Å². The Bertz CT molecular complexity index is 1250. The molecule has 0 spiro atoms. The molecule has 1 aliphatic heterocycles. The third kappa shape index (κ3) is 2.14. The predicted molar refractivity (Wildman–Crippen MR) is 113 cm³/mol. The van der Waals surface area contributed by atoms with Crippen molar-refractivity contribution in [3.8, 4) is 5.75 Å². The number of methoxy groups -OCH3 is 1. The minimum atomic E-state index is -1.71. The lowest BCUT2D eigenvalue weighted by molar-refractivity contribution is -0.160. The van der Waals surface area contributed by atoms with Crippen LogP contribution in [-0.4, -0.2) is 24.8 Å². The first-order valence-corrected chi connectivity index (χ1v) is 10.3. The number of esters is 2. The summed E-state index contributed by atoms with van der Waals surface area (Å²) in [5, 5.41) is 1.80. The van der Waals surface area contributed by atoms with Gasteiger partial charge in [-0.15, -0.1) is 0 Å². The minimum absolute atomic E-state index is 0.289. The highest BCUT2D eigenvalue weighted by atomic mass is 79.9. The normalized spacial score (nSPS) is 26.4. The number of Topliss-reactive ketones (excluding diaryl/α,β-unsaturated/α-hetero) is 1. The molecule has 0 radical (unpaired) electrons. The van der Waals surface area contributed by atoms with Crippen molar-refractivity contribution in [3.05, 3.63) is 76.3 Å². The van der Waals surface area contributed by atoms with Crippen LogP contribution in [-0.2, 0) is 14.3 Å². The van der Waals surface area contributed by atoms with E-state index in [1.807, 2.05) is 30.3 Å². The first-order valence-electron chi connectivity index (χ1n) is 9.50. The summed E-state index contributed by atoms with van der Waals surface area (Å²) in [5.74, 6) is -2.06. The molecule has 30 heavy (non-hydrogen) atoms. The topological polar surface area (TPSA) is 69.7 Å². The Balaban J connectivity index is 1.78. The van der Waals surface area contributed by atoms with E-state index in [-0.39, 0.29) is 5.78 Å². The molecule has 3 aromatic carbocycles. The van der Waals surface area contributed by atoms with Crippen molar-refractivity contribution in [2.75, 3.05) is 7.11 Å². The van der Waals surface area contributed by atoms with Crippen LogP contribution in [0.2, 0.25) is 0 Å². The number of rotatable bonds is 3. The van der Waals surface area contributed by atoms with Crippen molar-refractivity contribution in [2.24, 2.45) is 10.8 Å². The highest BCUT2D eigenvalue weighted by molar-refractivity contribution is 9.10. The molecule has 0 N–H and O–H groups in total. The van der Waals surface area contributed by atoms with Gasteiger partial charge in [-0.05, 0) is 35.9 Å². The van der Waals surface area contributed by atoms with Gasteiger partial charge in [-0.2, -0.15) is 0 Å². The zero-order valence-corrected chi connectivity index (χ0v) is 17.9. The molecule has 1 saturated carbocycles. The first kappa shape index (κ1) is 19.0. The van der Waals surface area contributed by atoms with Gasteiger partial charge in [0.25, 0.3) is 0 Å². The number of fused-ring (bicyclic) bond motifs is 5. The van der Waals surface area contributed by atoms with Crippen LogP contribution in [0.3, 0.4) is 0 Å². The van der Waals surface area contributed by atoms with Crippen LogP contribution in [0.1, 0.15) is 28.8 Å². The summed E-state index contributed by atoms with van der Waals surface area (Å²) in [6.45, 7) is 1.66. The van der Waals surface area contributed by atoms with Crippen LogP contribution in [0, 0.1) is 10.8 Å². The van der Waals surface area contributed by atoms with Gasteiger partial charge < -0.3 is 9.47 Å². The van der Waals surface area contributed by atoms with E-state index in [0.29, 0.717) is 16.9 Å². The molecule has 1 heterocycles. The lowest BCUT2D eigenvalue weighted by Gasteiger charge is -2.22. The van der Waals surface area contributed by atoms with Gasteiger partial charge in [0.05, 0.1) is 12.5 Å². The van der Waals surface area contributed by atoms with Crippen LogP contribution in [0.25, 0.3) is 10.8 Å². The number of ketones is 1. The second-order valence-electron chi connectivity index (χ2n) is 7.86. The molecule has 3 atom stereocenters. The summed E-state index contributed by atoms with van der Waals surface area (Å²) < 4.78 is 11.5. The van der Waals surface area contributed by atoms with Crippen LogP contribution in [0.15, 0.2) is 65.1 Å². The fourth-order valence-electron chi connectivity index (χ4n) is 5.08. The average molecular weight is 465 g/mol. The molecule has 3 aromatic rings. The Labute approximate surface area is 181 Å². The van der Waals surface area contributed by atoms with E-state index in [1.54, 1.807) is 37.3 Å². The monoisotopic (exact) mass is 464 g/mol. The highest BCUT2D eigenvalue weighted by Crippen LogP contribution is 2.79. The number of hydrogen-bond donors (Lipinski definition) is 0. The molecule has 5 nitrogen and oxygen atoms in total. The summed E-state index contributed by atoms with van der Waals surface area (Å²) >= 11 is 3.37. The maximum absolute atomic E-state index is 13.7. The molecular weight excluding hydrogens is 448 g/mol. The van der Waals surface area contributed by atoms with Crippen molar-refractivity contribution < 1.29 is 23.9 Å². The van der Waals surface area contributed by atoms with E-state index in [2.05, 4.69) is 15.9 Å². The molecule has 0 saturated heterocycles. The van der Waals surface area contributed by atoms with Gasteiger partial charge in [-0.3, -0.25) is 14.4 Å². The van der Waals surface area contributed by atoms with Crippen LogP contribution < -0.4 is 4.74 Å². The summed E-state index contributed by atoms with van der Waals surface area (Å²) in [6.07, 6.45) is 0. The van der Waals surface area contributed by atoms with Gasteiger partial charge in [0.1, 0.15) is 5.75 Å². The Kier molecular flexibility index (Phi) is 3.96. The maximum Gasteiger partial charge on any atom is 0.330 e. The SMILES string of the molecule is COC(=O)C12C(=O)Oc3ccc4ccccc4c3C1C2(C)C(=O)c1ccc(Br)cc1. The Morgan fingerprint density at radius 3 is 2.43 bits per heavy atom. The Hall–Kier alpha value is -2.99. The van der Waals surface area contributed by atoms with Gasteiger partial charge in [0.2, 0.25) is 0 Å². The van der Waals surface area contributed by atoms with Gasteiger partial charge in [-0.1, -0.05) is 58.4 Å². The summed E-state index contributed by atoms with van der Waals surface area (Å²) in [4.78, 5) is 39.9. The number of ether oxygens (including phenoxy) is 2. The molecule has 2 aliphatic rings. The molecule has 0 amide bonds. The van der Waals surface area contributed by atoms with Crippen molar-refractivity contribution in [2.45, 2.75) is 12.8 Å². The number of carbonyl (C=O) groups excluding carboxylic acids is 3. The Morgan fingerprint density at radius 2 is 1.73 bits per heavy atom. The number of hydrogen-bond acceptors (Lipinski definition) is 5. The van der Waals surface area contributed by atoms with Gasteiger partial charge in [0, 0.05) is 21.5 Å². The molecule has 0 bridgehead atoms. The smallest absolute Gasteiger partial charge is 0.330 e. The fourth-order valence-corrected chi connectivity index (χ4v) is 5.35. The maximum atomic E-state index is 13.7. The number of benzene rings is 3. The minimum Gasteiger partial charge on any atom is -0.468 e. The van der Waals surface area contributed by atoms with Gasteiger partial charge in [-0.25, -0.2) is 0 Å². The molecule has 5 rings (SSSR count). The quantitative estimate of drug-likeness (QED) is 0.244. The highest BCUT2D eigenvalue weighted by Gasteiger charge is 2.89.